The van der Waals surface area contributed by atoms with Crippen molar-refractivity contribution in [3.05, 3.63) is 76.2 Å². The third-order valence-corrected chi connectivity index (χ3v) is 3.91. The van der Waals surface area contributed by atoms with Crippen molar-refractivity contribution >= 4 is 46.3 Å². The van der Waals surface area contributed by atoms with Crippen molar-refractivity contribution in [3.8, 4) is 0 Å². The summed E-state index contributed by atoms with van der Waals surface area (Å²) < 4.78 is 26.5. The van der Waals surface area contributed by atoms with Gasteiger partial charge < -0.3 is 10.6 Å². The van der Waals surface area contributed by atoms with Gasteiger partial charge in [-0.05, 0) is 24.3 Å². The molecule has 26 heavy (non-hydrogen) atoms. The average molecular weight is 395 g/mol. The van der Waals surface area contributed by atoms with Gasteiger partial charge in [0.1, 0.15) is 23.1 Å². The number of nitrogens with one attached hydrogen (secondary N) is 2. The first-order valence-corrected chi connectivity index (χ1v) is 7.99. The Balaban J connectivity index is 1.74. The van der Waals surface area contributed by atoms with E-state index in [0.717, 1.165) is 12.1 Å². The van der Waals surface area contributed by atoms with Gasteiger partial charge in [0.2, 0.25) is 0 Å². The maximum atomic E-state index is 13.6. The summed E-state index contributed by atoms with van der Waals surface area (Å²) in [6.07, 6.45) is 2.50. The van der Waals surface area contributed by atoms with Gasteiger partial charge in [0.25, 0.3) is 5.91 Å². The molecule has 0 aliphatic rings. The van der Waals surface area contributed by atoms with Gasteiger partial charge in [-0.1, -0.05) is 29.3 Å². The third-order valence-electron chi connectivity index (χ3n) is 3.28. The highest BCUT2D eigenvalue weighted by molar-refractivity contribution is 6.39. The molecule has 0 atom stereocenters. The molecule has 0 aliphatic heterocycles. The molecule has 0 bridgehead atoms. The first kappa shape index (κ1) is 18.0. The van der Waals surface area contributed by atoms with E-state index in [1.165, 1.54) is 12.4 Å². The predicted molar refractivity (Wildman–Crippen MR) is 96.1 cm³/mol. The van der Waals surface area contributed by atoms with Crippen LogP contribution in [0.25, 0.3) is 0 Å². The zero-order chi connectivity index (χ0) is 18.7. The lowest BCUT2D eigenvalue weighted by Crippen LogP contribution is -2.15. The molecule has 0 saturated carbocycles. The lowest BCUT2D eigenvalue weighted by Gasteiger charge is -2.10. The van der Waals surface area contributed by atoms with E-state index in [2.05, 4.69) is 20.6 Å². The van der Waals surface area contributed by atoms with Gasteiger partial charge in [0.15, 0.2) is 0 Å². The van der Waals surface area contributed by atoms with Crippen molar-refractivity contribution in [3.63, 3.8) is 0 Å². The molecule has 0 spiro atoms. The van der Waals surface area contributed by atoms with Gasteiger partial charge in [-0.3, -0.25) is 4.79 Å². The van der Waals surface area contributed by atoms with Crippen LogP contribution < -0.4 is 10.6 Å². The van der Waals surface area contributed by atoms with Crippen LogP contribution in [0.5, 0.6) is 0 Å². The van der Waals surface area contributed by atoms with Crippen molar-refractivity contribution in [2.24, 2.45) is 0 Å². The van der Waals surface area contributed by atoms with Gasteiger partial charge in [0, 0.05) is 6.07 Å². The van der Waals surface area contributed by atoms with Crippen LogP contribution >= 0.6 is 23.2 Å². The van der Waals surface area contributed by atoms with Crippen molar-refractivity contribution in [1.82, 2.24) is 9.97 Å². The van der Waals surface area contributed by atoms with Crippen LogP contribution in [0.2, 0.25) is 10.0 Å². The van der Waals surface area contributed by atoms with Crippen molar-refractivity contribution in [1.29, 1.82) is 0 Å². The molecule has 5 nitrogen and oxygen atoms in total. The zero-order valence-corrected chi connectivity index (χ0v) is 14.4. The summed E-state index contributed by atoms with van der Waals surface area (Å²) in [5, 5.41) is 5.99. The van der Waals surface area contributed by atoms with Crippen LogP contribution in [0.3, 0.4) is 0 Å². The van der Waals surface area contributed by atoms with E-state index in [0.29, 0.717) is 27.6 Å². The van der Waals surface area contributed by atoms with Crippen LogP contribution in [-0.2, 0) is 0 Å². The SMILES string of the molecule is O=C(Nc1ccc(F)cc1F)c1cnc(Nc2c(Cl)cccc2Cl)cn1. The maximum absolute atomic E-state index is 13.6. The summed E-state index contributed by atoms with van der Waals surface area (Å²) in [6, 6.07) is 7.83. The fraction of sp³-hybridized carbons (Fsp3) is 0. The highest BCUT2D eigenvalue weighted by Gasteiger charge is 2.13. The molecule has 0 unspecified atom stereocenters. The maximum Gasteiger partial charge on any atom is 0.275 e. The molecule has 1 heterocycles. The monoisotopic (exact) mass is 394 g/mol. The van der Waals surface area contributed by atoms with Crippen LogP contribution in [0.4, 0.5) is 26.0 Å². The van der Waals surface area contributed by atoms with E-state index < -0.39 is 17.5 Å². The van der Waals surface area contributed by atoms with Gasteiger partial charge in [0.05, 0.1) is 33.8 Å². The fourth-order valence-electron chi connectivity index (χ4n) is 2.03. The summed E-state index contributed by atoms with van der Waals surface area (Å²) in [7, 11) is 0. The first-order valence-electron chi connectivity index (χ1n) is 7.23. The van der Waals surface area contributed by atoms with Crippen molar-refractivity contribution in [2.75, 3.05) is 10.6 Å². The molecule has 3 aromatic rings. The molecule has 2 N–H and O–H groups in total. The minimum absolute atomic E-state index is 0.0514. The molecule has 132 valence electrons. The number of rotatable bonds is 4. The van der Waals surface area contributed by atoms with Crippen LogP contribution in [-0.4, -0.2) is 15.9 Å². The summed E-state index contributed by atoms with van der Waals surface area (Å²) in [4.78, 5) is 20.1. The number of carbonyl (C=O) groups is 1. The number of anilines is 3. The Labute approximate surface area is 157 Å². The predicted octanol–water partition coefficient (Wildman–Crippen LogP) is 5.06. The van der Waals surface area contributed by atoms with Crippen LogP contribution in [0, 0.1) is 11.6 Å². The van der Waals surface area contributed by atoms with E-state index in [9.17, 15) is 13.6 Å². The van der Waals surface area contributed by atoms with Gasteiger partial charge >= 0.3 is 0 Å². The quantitative estimate of drug-likeness (QED) is 0.648. The molecule has 0 fully saturated rings. The minimum Gasteiger partial charge on any atom is -0.337 e. The molecule has 0 saturated heterocycles. The Kier molecular flexibility index (Phi) is 5.29. The fourth-order valence-corrected chi connectivity index (χ4v) is 2.52. The molecule has 0 aliphatic carbocycles. The smallest absolute Gasteiger partial charge is 0.275 e. The van der Waals surface area contributed by atoms with Crippen LogP contribution in [0.15, 0.2) is 48.8 Å². The molecule has 3 rings (SSSR count). The highest BCUT2D eigenvalue weighted by Crippen LogP contribution is 2.31. The number of hydrogen-bond donors (Lipinski definition) is 2. The molecular formula is C17H10Cl2F2N4O. The second-order valence-corrected chi connectivity index (χ2v) is 5.90. The number of hydrogen-bond acceptors (Lipinski definition) is 4. The normalized spacial score (nSPS) is 10.5. The number of halogens is 4. The van der Waals surface area contributed by atoms with E-state index in [4.69, 9.17) is 23.2 Å². The van der Waals surface area contributed by atoms with E-state index in [1.807, 2.05) is 0 Å². The molecule has 0 radical (unpaired) electrons. The summed E-state index contributed by atoms with van der Waals surface area (Å²) in [6.45, 7) is 0. The number of aromatic nitrogens is 2. The Morgan fingerprint density at radius 2 is 1.73 bits per heavy atom. The lowest BCUT2D eigenvalue weighted by atomic mass is 10.3. The minimum atomic E-state index is -0.891. The van der Waals surface area contributed by atoms with E-state index in [-0.39, 0.29) is 11.4 Å². The van der Waals surface area contributed by atoms with E-state index >= 15 is 0 Å². The number of para-hydroxylation sites is 1. The third kappa shape index (κ3) is 4.07. The number of carbonyl (C=O) groups excluding carboxylic acids is 1. The second kappa shape index (κ2) is 7.63. The van der Waals surface area contributed by atoms with Gasteiger partial charge in [-0.15, -0.1) is 0 Å². The number of nitrogens with zero attached hydrogens (tertiary/aromatic N) is 2. The summed E-state index contributed by atoms with van der Waals surface area (Å²) in [5.41, 5.74) is 0.239. The Morgan fingerprint density at radius 3 is 2.35 bits per heavy atom. The Hall–Kier alpha value is -2.77. The van der Waals surface area contributed by atoms with Crippen molar-refractivity contribution in [2.45, 2.75) is 0 Å². The van der Waals surface area contributed by atoms with Gasteiger partial charge in [-0.25, -0.2) is 18.7 Å². The van der Waals surface area contributed by atoms with Crippen LogP contribution in [0.1, 0.15) is 10.5 Å². The number of amides is 1. The van der Waals surface area contributed by atoms with Gasteiger partial charge in [-0.2, -0.15) is 0 Å². The lowest BCUT2D eigenvalue weighted by molar-refractivity contribution is 0.102. The Morgan fingerprint density at radius 1 is 1.00 bits per heavy atom. The molecule has 1 amide bonds. The second-order valence-electron chi connectivity index (χ2n) is 5.09. The Bertz CT molecular complexity index is 947. The number of benzene rings is 2. The summed E-state index contributed by atoms with van der Waals surface area (Å²) in [5.74, 6) is -2.01. The first-order chi connectivity index (χ1) is 12.4. The topological polar surface area (TPSA) is 66.9 Å². The molecule has 2 aromatic carbocycles. The standard InChI is InChI=1S/C17H10Cl2F2N4O/c18-10-2-1-3-11(19)16(10)25-15-8-22-14(7-23-15)17(26)24-13-5-4-9(20)6-12(13)21/h1-8H,(H,23,25)(H,24,26). The zero-order valence-electron chi connectivity index (χ0n) is 12.9. The molecular weight excluding hydrogens is 385 g/mol. The average Bonchev–Trinajstić information content (AvgIpc) is 2.61. The molecule has 1 aromatic heterocycles. The molecule has 9 heteroatoms. The highest BCUT2D eigenvalue weighted by atomic mass is 35.5. The summed E-state index contributed by atoms with van der Waals surface area (Å²) >= 11 is 12.1. The largest absolute Gasteiger partial charge is 0.337 e. The van der Waals surface area contributed by atoms with E-state index in [1.54, 1.807) is 18.2 Å². The van der Waals surface area contributed by atoms with Crippen molar-refractivity contribution < 1.29 is 13.6 Å².